The van der Waals surface area contributed by atoms with E-state index >= 15 is 0 Å². The average Bonchev–Trinajstić information content (AvgIpc) is 2.75. The Morgan fingerprint density at radius 3 is 1.43 bits per heavy atom. The van der Waals surface area contributed by atoms with Crippen molar-refractivity contribution in [3.63, 3.8) is 0 Å². The molecule has 3 aromatic carbocycles. The van der Waals surface area contributed by atoms with Gasteiger partial charge in [-0.2, -0.15) is 0 Å². The van der Waals surface area contributed by atoms with Crippen LogP contribution in [-0.2, 0) is 9.59 Å². The van der Waals surface area contributed by atoms with Crippen molar-refractivity contribution in [2.24, 2.45) is 0 Å². The van der Waals surface area contributed by atoms with E-state index in [4.69, 9.17) is 0 Å². The van der Waals surface area contributed by atoms with Crippen LogP contribution in [0, 0.1) is 0 Å². The van der Waals surface area contributed by atoms with Crippen molar-refractivity contribution in [1.29, 1.82) is 0 Å². The summed E-state index contributed by atoms with van der Waals surface area (Å²) in [5, 5.41) is 5.63. The fourth-order valence-corrected chi connectivity index (χ4v) is 3.75. The smallest absolute Gasteiger partial charge is 0.248 e. The van der Waals surface area contributed by atoms with Gasteiger partial charge in [0.2, 0.25) is 11.8 Å². The average molecular weight is 526 g/mol. The van der Waals surface area contributed by atoms with E-state index in [0.717, 1.165) is 11.1 Å². The molecule has 0 aliphatic carbocycles. The van der Waals surface area contributed by atoms with Crippen molar-refractivity contribution >= 4 is 67.2 Å². The van der Waals surface area contributed by atoms with Crippen molar-refractivity contribution < 1.29 is 9.59 Å². The van der Waals surface area contributed by atoms with Gasteiger partial charge < -0.3 is 10.6 Å². The molecule has 0 spiro atoms. The second-order valence-corrected chi connectivity index (χ2v) is 7.99. The quantitative estimate of drug-likeness (QED) is 0.360. The highest BCUT2D eigenvalue weighted by Crippen LogP contribution is 2.33. The molecule has 0 aliphatic heterocycles. The lowest BCUT2D eigenvalue weighted by atomic mass is 10.2. The van der Waals surface area contributed by atoms with Gasteiger partial charge in [0.15, 0.2) is 0 Å². The number of carbonyl (C=O) groups excluding carboxylic acids is 2. The number of carbonyl (C=O) groups is 2. The number of nitrogens with one attached hydrogen (secondary N) is 2. The minimum atomic E-state index is -0.275. The Morgan fingerprint density at radius 2 is 1.03 bits per heavy atom. The van der Waals surface area contributed by atoms with Crippen LogP contribution in [0.25, 0.3) is 12.2 Å². The van der Waals surface area contributed by atoms with E-state index in [1.807, 2.05) is 60.7 Å². The van der Waals surface area contributed by atoms with Gasteiger partial charge in [-0.15, -0.1) is 0 Å². The van der Waals surface area contributed by atoms with Crippen molar-refractivity contribution in [1.82, 2.24) is 0 Å². The Hall–Kier alpha value is -2.96. The molecule has 150 valence electrons. The van der Waals surface area contributed by atoms with Crippen molar-refractivity contribution in [3.8, 4) is 0 Å². The van der Waals surface area contributed by atoms with Crippen LogP contribution in [0.1, 0.15) is 11.1 Å². The Morgan fingerprint density at radius 1 is 0.633 bits per heavy atom. The van der Waals surface area contributed by atoms with Crippen LogP contribution >= 0.6 is 31.9 Å². The van der Waals surface area contributed by atoms with Gasteiger partial charge in [-0.1, -0.05) is 60.7 Å². The molecule has 0 heterocycles. The van der Waals surface area contributed by atoms with E-state index in [1.54, 1.807) is 24.3 Å². The van der Waals surface area contributed by atoms with Gasteiger partial charge in [-0.05, 0) is 67.3 Å². The van der Waals surface area contributed by atoms with Gasteiger partial charge in [0, 0.05) is 21.1 Å². The predicted octanol–water partition coefficient (Wildman–Crippen LogP) is 6.52. The minimum absolute atomic E-state index is 0.275. The first-order chi connectivity index (χ1) is 14.5. The van der Waals surface area contributed by atoms with Gasteiger partial charge in [0.1, 0.15) is 0 Å². The van der Waals surface area contributed by atoms with Crippen LogP contribution in [-0.4, -0.2) is 11.8 Å². The van der Waals surface area contributed by atoms with Crippen LogP contribution in [0.5, 0.6) is 0 Å². The summed E-state index contributed by atoms with van der Waals surface area (Å²) in [7, 11) is 0. The molecule has 3 rings (SSSR count). The lowest BCUT2D eigenvalue weighted by Crippen LogP contribution is -2.11. The number of anilines is 2. The molecule has 0 fully saturated rings. The summed E-state index contributed by atoms with van der Waals surface area (Å²) in [6, 6.07) is 22.6. The monoisotopic (exact) mass is 524 g/mol. The fraction of sp³-hybridized carbons (Fsp3) is 0. The summed E-state index contributed by atoms with van der Waals surface area (Å²) in [4.78, 5) is 24.6. The molecule has 0 radical (unpaired) electrons. The molecule has 2 N–H and O–H groups in total. The molecule has 0 bridgehead atoms. The van der Waals surface area contributed by atoms with E-state index in [1.165, 1.54) is 12.2 Å². The van der Waals surface area contributed by atoms with E-state index < -0.39 is 0 Å². The number of rotatable bonds is 6. The molecule has 0 atom stereocenters. The van der Waals surface area contributed by atoms with Crippen LogP contribution in [0.15, 0.2) is 93.9 Å². The van der Waals surface area contributed by atoms with Crippen LogP contribution in [0.3, 0.4) is 0 Å². The third kappa shape index (κ3) is 6.54. The van der Waals surface area contributed by atoms with Gasteiger partial charge in [0.05, 0.1) is 11.4 Å². The molecular formula is C24H18Br2N2O2. The van der Waals surface area contributed by atoms with Crippen LogP contribution in [0.4, 0.5) is 11.4 Å². The third-order valence-corrected chi connectivity index (χ3v) is 5.34. The fourth-order valence-electron chi connectivity index (χ4n) is 2.56. The number of hydrogen-bond acceptors (Lipinski definition) is 2. The number of hydrogen-bond donors (Lipinski definition) is 2. The Kier molecular flexibility index (Phi) is 7.76. The summed E-state index contributed by atoms with van der Waals surface area (Å²) < 4.78 is 1.38. The van der Waals surface area contributed by atoms with Crippen molar-refractivity contribution in [2.45, 2.75) is 0 Å². The lowest BCUT2D eigenvalue weighted by Gasteiger charge is -2.11. The number of amides is 2. The van der Waals surface area contributed by atoms with E-state index in [0.29, 0.717) is 20.3 Å². The van der Waals surface area contributed by atoms with Gasteiger partial charge >= 0.3 is 0 Å². The predicted molar refractivity (Wildman–Crippen MR) is 130 cm³/mol. The summed E-state index contributed by atoms with van der Waals surface area (Å²) in [5.41, 5.74) is 2.95. The lowest BCUT2D eigenvalue weighted by molar-refractivity contribution is -0.112. The SMILES string of the molecule is O=C(/C=C/c1ccccc1)Nc1cc(NC(=O)/C=C/c2ccccc2)c(Br)cc1Br. The van der Waals surface area contributed by atoms with E-state index in [9.17, 15) is 9.59 Å². The molecule has 30 heavy (non-hydrogen) atoms. The Balaban J connectivity index is 1.69. The molecule has 2 amide bonds. The normalized spacial score (nSPS) is 11.0. The molecular weight excluding hydrogens is 508 g/mol. The minimum Gasteiger partial charge on any atom is -0.321 e. The first kappa shape index (κ1) is 21.7. The summed E-state index contributed by atoms with van der Waals surface area (Å²) in [6.07, 6.45) is 6.40. The summed E-state index contributed by atoms with van der Waals surface area (Å²) >= 11 is 6.88. The highest BCUT2D eigenvalue weighted by Gasteiger charge is 2.10. The van der Waals surface area contributed by atoms with E-state index in [2.05, 4.69) is 42.5 Å². The van der Waals surface area contributed by atoms with Gasteiger partial charge in [0.25, 0.3) is 0 Å². The maximum atomic E-state index is 12.3. The van der Waals surface area contributed by atoms with Crippen LogP contribution < -0.4 is 10.6 Å². The molecule has 6 heteroatoms. The second-order valence-electron chi connectivity index (χ2n) is 6.28. The zero-order chi connectivity index (χ0) is 21.3. The largest absolute Gasteiger partial charge is 0.321 e. The zero-order valence-corrected chi connectivity index (χ0v) is 19.0. The van der Waals surface area contributed by atoms with Crippen molar-refractivity contribution in [2.75, 3.05) is 10.6 Å². The third-order valence-electron chi connectivity index (χ3n) is 4.03. The number of benzene rings is 3. The standard InChI is InChI=1S/C24H18Br2N2O2/c25-19-15-20(26)22(28-24(30)14-12-18-9-5-2-6-10-18)16-21(19)27-23(29)13-11-17-7-3-1-4-8-17/h1-16H,(H,27,29)(H,28,30)/b13-11+,14-12+. The maximum absolute atomic E-state index is 12.3. The Labute approximate surface area is 192 Å². The van der Waals surface area contributed by atoms with Gasteiger partial charge in [-0.3, -0.25) is 9.59 Å². The van der Waals surface area contributed by atoms with Crippen LogP contribution in [0.2, 0.25) is 0 Å². The topological polar surface area (TPSA) is 58.2 Å². The summed E-state index contributed by atoms with van der Waals surface area (Å²) in [5.74, 6) is -0.550. The van der Waals surface area contributed by atoms with Gasteiger partial charge in [-0.25, -0.2) is 0 Å². The Bertz CT molecular complexity index is 1010. The molecule has 3 aromatic rings. The molecule has 0 saturated carbocycles. The molecule has 0 aliphatic rings. The molecule has 0 saturated heterocycles. The zero-order valence-electron chi connectivity index (χ0n) is 15.8. The van der Waals surface area contributed by atoms with Crippen molar-refractivity contribution in [3.05, 3.63) is 105 Å². The molecule has 0 unspecified atom stereocenters. The highest BCUT2D eigenvalue weighted by molar-refractivity contribution is 9.11. The maximum Gasteiger partial charge on any atom is 0.248 e. The highest BCUT2D eigenvalue weighted by atomic mass is 79.9. The molecule has 0 aromatic heterocycles. The second kappa shape index (κ2) is 10.7. The number of halogens is 2. The first-order valence-corrected chi connectivity index (χ1v) is 10.7. The summed E-state index contributed by atoms with van der Waals surface area (Å²) in [6.45, 7) is 0. The van der Waals surface area contributed by atoms with E-state index in [-0.39, 0.29) is 11.8 Å². The molecule has 4 nitrogen and oxygen atoms in total. The first-order valence-electron chi connectivity index (χ1n) is 9.08.